The Morgan fingerprint density at radius 3 is 2.52 bits per heavy atom. The Labute approximate surface area is 129 Å². The number of anilines is 1. The second-order valence-electron chi connectivity index (χ2n) is 4.36. The third-order valence-electron chi connectivity index (χ3n) is 2.78. The van der Waals surface area contributed by atoms with Crippen LogP contribution in [0.3, 0.4) is 0 Å². The lowest BCUT2D eigenvalue weighted by atomic mass is 10.2. The molecule has 2 aromatic carbocycles. The van der Waals surface area contributed by atoms with E-state index in [4.69, 9.17) is 5.11 Å². The molecular formula is C13H9FN2O6S. The van der Waals surface area contributed by atoms with Crippen molar-refractivity contribution in [3.8, 4) is 0 Å². The fraction of sp³-hybridized carbons (Fsp3) is 0. The van der Waals surface area contributed by atoms with Gasteiger partial charge in [-0.1, -0.05) is 6.07 Å². The number of nitro benzene ring substituents is 1. The summed E-state index contributed by atoms with van der Waals surface area (Å²) in [4.78, 5) is 19.9. The number of non-ortho nitro benzene ring substituents is 1. The molecule has 23 heavy (non-hydrogen) atoms. The molecule has 0 saturated carbocycles. The van der Waals surface area contributed by atoms with Crippen LogP contribution in [0, 0.1) is 15.9 Å². The summed E-state index contributed by atoms with van der Waals surface area (Å²) in [5.74, 6) is -2.57. The Balaban J connectivity index is 2.43. The number of carboxylic acids is 1. The molecule has 10 heteroatoms. The molecule has 120 valence electrons. The number of nitrogens with one attached hydrogen (secondary N) is 1. The van der Waals surface area contributed by atoms with E-state index in [1.807, 2.05) is 4.72 Å². The summed E-state index contributed by atoms with van der Waals surface area (Å²) in [6, 6.07) is 6.90. The molecule has 0 aliphatic rings. The molecule has 0 spiro atoms. The average molecular weight is 340 g/mol. The molecule has 0 heterocycles. The summed E-state index contributed by atoms with van der Waals surface area (Å²) in [7, 11) is -4.45. The maximum atomic E-state index is 13.7. The van der Waals surface area contributed by atoms with Crippen LogP contribution >= 0.6 is 0 Å². The number of halogens is 1. The topological polar surface area (TPSA) is 127 Å². The molecule has 0 atom stereocenters. The Morgan fingerprint density at radius 2 is 1.91 bits per heavy atom. The van der Waals surface area contributed by atoms with Gasteiger partial charge in [-0.15, -0.1) is 0 Å². The second-order valence-corrected chi connectivity index (χ2v) is 6.01. The fourth-order valence-electron chi connectivity index (χ4n) is 1.74. The number of hydrogen-bond donors (Lipinski definition) is 2. The van der Waals surface area contributed by atoms with Gasteiger partial charge in [-0.25, -0.2) is 17.6 Å². The Hall–Kier alpha value is -3.01. The lowest BCUT2D eigenvalue weighted by molar-refractivity contribution is -0.384. The number of carboxylic acid groups (broad SMARTS) is 1. The molecule has 0 radical (unpaired) electrons. The van der Waals surface area contributed by atoms with Gasteiger partial charge in [0.05, 0.1) is 16.2 Å². The molecule has 0 aliphatic carbocycles. The summed E-state index contributed by atoms with van der Waals surface area (Å²) in [6.07, 6.45) is 0. The molecule has 2 rings (SSSR count). The molecule has 0 aliphatic heterocycles. The van der Waals surface area contributed by atoms with E-state index in [9.17, 15) is 27.7 Å². The van der Waals surface area contributed by atoms with Crippen LogP contribution in [-0.4, -0.2) is 24.4 Å². The summed E-state index contributed by atoms with van der Waals surface area (Å²) >= 11 is 0. The van der Waals surface area contributed by atoms with Crippen LogP contribution in [0.15, 0.2) is 47.4 Å². The van der Waals surface area contributed by atoms with Gasteiger partial charge in [0.1, 0.15) is 10.7 Å². The number of aromatic carboxylic acids is 1. The number of nitro groups is 1. The first-order chi connectivity index (χ1) is 10.7. The van der Waals surface area contributed by atoms with Crippen LogP contribution in [0.25, 0.3) is 0 Å². The van der Waals surface area contributed by atoms with Crippen LogP contribution in [0.4, 0.5) is 15.8 Å². The Kier molecular flexibility index (Phi) is 4.27. The van der Waals surface area contributed by atoms with E-state index in [1.165, 1.54) is 12.1 Å². The van der Waals surface area contributed by atoms with E-state index in [0.29, 0.717) is 12.1 Å². The highest BCUT2D eigenvalue weighted by atomic mass is 32.2. The minimum Gasteiger partial charge on any atom is -0.478 e. The number of rotatable bonds is 5. The van der Waals surface area contributed by atoms with Crippen molar-refractivity contribution in [2.75, 3.05) is 4.72 Å². The lowest BCUT2D eigenvalue weighted by Crippen LogP contribution is -2.15. The maximum Gasteiger partial charge on any atom is 0.335 e. The molecule has 2 aromatic rings. The van der Waals surface area contributed by atoms with Gasteiger partial charge in [-0.05, 0) is 24.3 Å². The maximum absolute atomic E-state index is 13.7. The summed E-state index contributed by atoms with van der Waals surface area (Å²) in [5, 5.41) is 19.5. The monoisotopic (exact) mass is 340 g/mol. The third kappa shape index (κ3) is 3.61. The van der Waals surface area contributed by atoms with Gasteiger partial charge >= 0.3 is 5.97 Å². The van der Waals surface area contributed by atoms with E-state index < -0.39 is 37.2 Å². The first-order valence-corrected chi connectivity index (χ1v) is 7.49. The van der Waals surface area contributed by atoms with Crippen molar-refractivity contribution in [1.29, 1.82) is 0 Å². The molecular weight excluding hydrogens is 331 g/mol. The molecule has 0 amide bonds. The zero-order valence-electron chi connectivity index (χ0n) is 11.3. The van der Waals surface area contributed by atoms with Crippen molar-refractivity contribution in [2.24, 2.45) is 0 Å². The normalized spacial score (nSPS) is 11.0. The molecule has 0 aromatic heterocycles. The highest BCUT2D eigenvalue weighted by Gasteiger charge is 2.22. The molecule has 0 saturated heterocycles. The van der Waals surface area contributed by atoms with Gasteiger partial charge < -0.3 is 5.11 Å². The molecule has 8 nitrogen and oxygen atoms in total. The molecule has 0 bridgehead atoms. The third-order valence-corrected chi connectivity index (χ3v) is 4.17. The zero-order chi connectivity index (χ0) is 17.2. The van der Waals surface area contributed by atoms with Crippen molar-refractivity contribution in [1.82, 2.24) is 0 Å². The van der Waals surface area contributed by atoms with Crippen LogP contribution in [0.1, 0.15) is 10.4 Å². The van der Waals surface area contributed by atoms with Gasteiger partial charge in [0.2, 0.25) is 0 Å². The van der Waals surface area contributed by atoms with Crippen molar-refractivity contribution in [3.05, 3.63) is 64.0 Å². The Morgan fingerprint density at radius 1 is 1.22 bits per heavy atom. The predicted molar refractivity (Wildman–Crippen MR) is 77.3 cm³/mol. The zero-order valence-corrected chi connectivity index (χ0v) is 12.1. The van der Waals surface area contributed by atoms with E-state index in [0.717, 1.165) is 18.2 Å². The molecule has 2 N–H and O–H groups in total. The lowest BCUT2D eigenvalue weighted by Gasteiger charge is -2.09. The minimum absolute atomic E-state index is 0.153. The minimum atomic E-state index is -4.45. The van der Waals surface area contributed by atoms with Crippen molar-refractivity contribution in [2.45, 2.75) is 4.90 Å². The number of nitrogens with zero attached hydrogens (tertiary/aromatic N) is 1. The van der Waals surface area contributed by atoms with E-state index in [2.05, 4.69) is 0 Å². The van der Waals surface area contributed by atoms with Gasteiger partial charge in [0.15, 0.2) is 0 Å². The van der Waals surface area contributed by atoms with Crippen molar-refractivity contribution >= 4 is 27.4 Å². The average Bonchev–Trinajstić information content (AvgIpc) is 2.47. The smallest absolute Gasteiger partial charge is 0.335 e. The van der Waals surface area contributed by atoms with E-state index in [1.54, 1.807) is 0 Å². The van der Waals surface area contributed by atoms with E-state index >= 15 is 0 Å². The second kappa shape index (κ2) is 6.01. The number of hydrogen-bond acceptors (Lipinski definition) is 5. The Bertz CT molecular complexity index is 897. The first kappa shape index (κ1) is 16.4. The summed E-state index contributed by atoms with van der Waals surface area (Å²) < 4.78 is 40.0. The van der Waals surface area contributed by atoms with Gasteiger partial charge in [0.25, 0.3) is 15.7 Å². The van der Waals surface area contributed by atoms with Gasteiger partial charge in [-0.2, -0.15) is 0 Å². The van der Waals surface area contributed by atoms with Crippen LogP contribution in [-0.2, 0) is 10.0 Å². The van der Waals surface area contributed by atoms with Crippen molar-refractivity contribution < 1.29 is 27.6 Å². The van der Waals surface area contributed by atoms with Crippen LogP contribution < -0.4 is 4.72 Å². The quantitative estimate of drug-likeness (QED) is 0.635. The number of sulfonamides is 1. The van der Waals surface area contributed by atoms with E-state index in [-0.39, 0.29) is 11.4 Å². The van der Waals surface area contributed by atoms with Crippen LogP contribution in [0.2, 0.25) is 0 Å². The molecule has 0 unspecified atom stereocenters. The van der Waals surface area contributed by atoms with Crippen molar-refractivity contribution in [3.63, 3.8) is 0 Å². The number of benzene rings is 2. The first-order valence-electron chi connectivity index (χ1n) is 6.01. The fourth-order valence-corrected chi connectivity index (χ4v) is 2.89. The van der Waals surface area contributed by atoms with Gasteiger partial charge in [-0.3, -0.25) is 14.8 Å². The predicted octanol–water partition coefficient (Wildman–Crippen LogP) is 2.23. The number of carbonyl (C=O) groups is 1. The standard InChI is InChI=1S/C13H9FN2O6S/c14-11-5-4-8(13(17)18)6-12(11)23(21,22)15-9-2-1-3-10(7-9)16(19)20/h1-7,15H,(H,17,18). The molecule has 0 fully saturated rings. The summed E-state index contributed by atoms with van der Waals surface area (Å²) in [6.45, 7) is 0. The van der Waals surface area contributed by atoms with Gasteiger partial charge in [0, 0.05) is 12.1 Å². The summed E-state index contributed by atoms with van der Waals surface area (Å²) in [5.41, 5.74) is -0.921. The largest absolute Gasteiger partial charge is 0.478 e. The SMILES string of the molecule is O=C(O)c1ccc(F)c(S(=O)(=O)Nc2cccc([N+](=O)[O-])c2)c1. The highest BCUT2D eigenvalue weighted by molar-refractivity contribution is 7.92. The van der Waals surface area contributed by atoms with Crippen LogP contribution in [0.5, 0.6) is 0 Å². The highest BCUT2D eigenvalue weighted by Crippen LogP contribution is 2.23.